The van der Waals surface area contributed by atoms with Crippen molar-refractivity contribution in [1.29, 1.82) is 0 Å². The molecule has 56 heavy (non-hydrogen) atoms. The van der Waals surface area contributed by atoms with Gasteiger partial charge in [0.25, 0.3) is 0 Å². The monoisotopic (exact) mass is 735 g/mol. The van der Waals surface area contributed by atoms with Gasteiger partial charge in [-0.15, -0.1) is 11.3 Å². The van der Waals surface area contributed by atoms with Crippen LogP contribution in [0.1, 0.15) is 49.9 Å². The van der Waals surface area contributed by atoms with Crippen LogP contribution in [0.4, 0.5) is 17.1 Å². The lowest BCUT2D eigenvalue weighted by Crippen LogP contribution is -2.14. The lowest BCUT2D eigenvalue weighted by atomic mass is 9.82. The molecule has 1 heterocycles. The molecular weight excluding hydrogens is 695 g/mol. The van der Waals surface area contributed by atoms with Crippen LogP contribution in [0, 0.1) is 0 Å². The molecule has 8 aromatic carbocycles. The minimum Gasteiger partial charge on any atom is -0.310 e. The molecule has 2 heteroatoms. The molecule has 0 radical (unpaired) electrons. The van der Waals surface area contributed by atoms with Gasteiger partial charge in [0.05, 0.1) is 0 Å². The number of thiophene rings is 1. The van der Waals surface area contributed by atoms with Crippen LogP contribution in [0.15, 0.2) is 176 Å². The second-order valence-corrected chi connectivity index (χ2v) is 17.6. The van der Waals surface area contributed by atoms with Gasteiger partial charge in [0.1, 0.15) is 0 Å². The van der Waals surface area contributed by atoms with Gasteiger partial charge in [0, 0.05) is 48.1 Å². The van der Waals surface area contributed by atoms with E-state index in [1.807, 2.05) is 11.3 Å². The Morgan fingerprint density at radius 2 is 0.804 bits per heavy atom. The molecule has 0 amide bonds. The summed E-state index contributed by atoms with van der Waals surface area (Å²) in [6, 6.07) is 65.8. The fourth-order valence-electron chi connectivity index (χ4n) is 9.92. The van der Waals surface area contributed by atoms with Gasteiger partial charge in [0.15, 0.2) is 0 Å². The van der Waals surface area contributed by atoms with Crippen molar-refractivity contribution in [2.75, 3.05) is 4.90 Å². The summed E-state index contributed by atoms with van der Waals surface area (Å²) >= 11 is 1.87. The lowest BCUT2D eigenvalue weighted by Gasteiger charge is -2.27. The lowest BCUT2D eigenvalue weighted by molar-refractivity contribution is 0.660. The van der Waals surface area contributed by atoms with E-state index in [1.165, 1.54) is 86.9 Å². The van der Waals surface area contributed by atoms with Crippen LogP contribution in [0.2, 0.25) is 0 Å². The van der Waals surface area contributed by atoms with E-state index in [4.69, 9.17) is 0 Å². The van der Waals surface area contributed by atoms with Crippen molar-refractivity contribution in [2.24, 2.45) is 0 Å². The fraction of sp³-hybridized carbons (Fsp3) is 0.111. The standard InChI is InChI=1S/C54H41NS/c1-53(2)45-24-8-5-20-43(45)51-39(22-13-26-47(51)53)34-15-11-17-36(31-34)55(38-29-30-42-41-19-7-10-28-49(41)56-50(42)33-38)37-18-12-16-35(32-37)40-23-14-27-48-52(40)44-21-6-9-25-46(44)54(48,3)4/h5-33H,1-4H3. The van der Waals surface area contributed by atoms with Crippen molar-refractivity contribution < 1.29 is 0 Å². The molecule has 0 aliphatic heterocycles. The van der Waals surface area contributed by atoms with E-state index >= 15 is 0 Å². The minimum absolute atomic E-state index is 0.0565. The smallest absolute Gasteiger partial charge is 0.0476 e. The molecule has 0 spiro atoms. The topological polar surface area (TPSA) is 3.24 Å². The summed E-state index contributed by atoms with van der Waals surface area (Å²) < 4.78 is 2.61. The van der Waals surface area contributed by atoms with E-state index in [2.05, 4.69) is 209 Å². The van der Waals surface area contributed by atoms with Crippen molar-refractivity contribution in [3.63, 3.8) is 0 Å². The van der Waals surface area contributed by atoms with Gasteiger partial charge in [-0.1, -0.05) is 161 Å². The fourth-order valence-corrected chi connectivity index (χ4v) is 11.1. The first-order valence-electron chi connectivity index (χ1n) is 19.7. The summed E-state index contributed by atoms with van der Waals surface area (Å²) in [7, 11) is 0. The molecule has 2 aliphatic rings. The van der Waals surface area contributed by atoms with E-state index in [-0.39, 0.29) is 10.8 Å². The Morgan fingerprint density at radius 3 is 1.39 bits per heavy atom. The summed E-state index contributed by atoms with van der Waals surface area (Å²) in [5.74, 6) is 0. The summed E-state index contributed by atoms with van der Waals surface area (Å²) in [5, 5.41) is 2.62. The Hall–Kier alpha value is -6.22. The Labute approximate surface area is 333 Å². The molecule has 1 nitrogen and oxygen atoms in total. The number of hydrogen-bond acceptors (Lipinski definition) is 2. The van der Waals surface area contributed by atoms with E-state index in [0.717, 1.165) is 17.1 Å². The zero-order valence-corrected chi connectivity index (χ0v) is 32.9. The quantitative estimate of drug-likeness (QED) is 0.170. The Balaban J connectivity index is 1.11. The molecule has 268 valence electrons. The van der Waals surface area contributed by atoms with Crippen molar-refractivity contribution in [3.8, 4) is 44.5 Å². The molecule has 0 N–H and O–H groups in total. The maximum atomic E-state index is 2.46. The predicted octanol–water partition coefficient (Wildman–Crippen LogP) is 15.5. The zero-order chi connectivity index (χ0) is 37.8. The first-order chi connectivity index (χ1) is 27.3. The van der Waals surface area contributed by atoms with Gasteiger partial charge >= 0.3 is 0 Å². The Morgan fingerprint density at radius 1 is 0.357 bits per heavy atom. The van der Waals surface area contributed by atoms with Gasteiger partial charge in [-0.2, -0.15) is 0 Å². The minimum atomic E-state index is -0.0565. The second-order valence-electron chi connectivity index (χ2n) is 16.5. The van der Waals surface area contributed by atoms with Crippen molar-refractivity contribution in [3.05, 3.63) is 198 Å². The van der Waals surface area contributed by atoms with E-state index in [0.29, 0.717) is 0 Å². The first-order valence-corrected chi connectivity index (χ1v) is 20.5. The summed E-state index contributed by atoms with van der Waals surface area (Å²) in [6.07, 6.45) is 0. The SMILES string of the molecule is CC1(C)c2ccccc2-c2c(-c3cccc(N(c4cccc(-c5cccc6c5-c5ccccc5C6(C)C)c4)c4ccc5c(c4)sc4ccccc45)c3)cccc21. The highest BCUT2D eigenvalue weighted by Gasteiger charge is 2.38. The molecule has 9 aromatic rings. The van der Waals surface area contributed by atoms with Crippen LogP contribution in [-0.4, -0.2) is 0 Å². The van der Waals surface area contributed by atoms with Crippen molar-refractivity contribution in [2.45, 2.75) is 38.5 Å². The molecule has 0 bridgehead atoms. The molecule has 0 unspecified atom stereocenters. The Bertz CT molecular complexity index is 2900. The normalized spacial score (nSPS) is 14.4. The van der Waals surface area contributed by atoms with Gasteiger partial charge in [-0.25, -0.2) is 0 Å². The first kappa shape index (κ1) is 33.1. The highest BCUT2D eigenvalue weighted by molar-refractivity contribution is 7.25. The maximum Gasteiger partial charge on any atom is 0.0476 e. The number of hydrogen-bond donors (Lipinski definition) is 0. The third-order valence-corrected chi connectivity index (χ3v) is 13.8. The van der Waals surface area contributed by atoms with Crippen molar-refractivity contribution in [1.82, 2.24) is 0 Å². The molecule has 0 fully saturated rings. The third-order valence-electron chi connectivity index (χ3n) is 12.7. The number of nitrogens with zero attached hydrogens (tertiary/aromatic N) is 1. The number of benzene rings is 8. The van der Waals surface area contributed by atoms with Crippen LogP contribution in [0.3, 0.4) is 0 Å². The summed E-state index contributed by atoms with van der Waals surface area (Å²) in [4.78, 5) is 2.46. The highest BCUT2D eigenvalue weighted by atomic mass is 32.1. The van der Waals surface area contributed by atoms with Crippen LogP contribution >= 0.6 is 11.3 Å². The molecular formula is C54H41NS. The number of anilines is 3. The maximum absolute atomic E-state index is 2.46. The summed E-state index contributed by atoms with van der Waals surface area (Å²) in [6.45, 7) is 9.44. The van der Waals surface area contributed by atoms with Gasteiger partial charge in [0.2, 0.25) is 0 Å². The highest BCUT2D eigenvalue weighted by Crippen LogP contribution is 2.54. The zero-order valence-electron chi connectivity index (χ0n) is 32.1. The van der Waals surface area contributed by atoms with Crippen LogP contribution in [0.25, 0.3) is 64.7 Å². The average Bonchev–Trinajstić information content (AvgIpc) is 3.81. The molecule has 1 aromatic heterocycles. The van der Waals surface area contributed by atoms with Crippen molar-refractivity contribution >= 4 is 48.6 Å². The predicted molar refractivity (Wildman–Crippen MR) is 240 cm³/mol. The van der Waals surface area contributed by atoms with Gasteiger partial charge in [-0.3, -0.25) is 0 Å². The second kappa shape index (κ2) is 12.1. The van der Waals surface area contributed by atoms with E-state index in [9.17, 15) is 0 Å². The van der Waals surface area contributed by atoms with Crippen LogP contribution in [0.5, 0.6) is 0 Å². The molecule has 0 saturated carbocycles. The number of rotatable bonds is 5. The van der Waals surface area contributed by atoms with Crippen LogP contribution < -0.4 is 4.90 Å². The third kappa shape index (κ3) is 4.79. The molecule has 11 rings (SSSR count). The largest absolute Gasteiger partial charge is 0.310 e. The van der Waals surface area contributed by atoms with Crippen LogP contribution in [-0.2, 0) is 10.8 Å². The van der Waals surface area contributed by atoms with E-state index < -0.39 is 0 Å². The van der Waals surface area contributed by atoms with Gasteiger partial charge < -0.3 is 4.90 Å². The number of fused-ring (bicyclic) bond motifs is 9. The van der Waals surface area contributed by atoms with Gasteiger partial charge in [-0.05, 0) is 109 Å². The van der Waals surface area contributed by atoms with E-state index in [1.54, 1.807) is 0 Å². The molecule has 0 saturated heterocycles. The Kier molecular flexibility index (Phi) is 7.18. The molecule has 0 atom stereocenters. The average molecular weight is 736 g/mol. The molecule has 2 aliphatic carbocycles. The summed E-state index contributed by atoms with van der Waals surface area (Å²) in [5.41, 5.74) is 19.2.